The first-order valence-electron chi connectivity index (χ1n) is 7.94. The van der Waals surface area contributed by atoms with Crippen LogP contribution in [-0.4, -0.2) is 20.7 Å². The third-order valence-corrected chi connectivity index (χ3v) is 4.08. The number of carbonyl (C=O) groups is 1. The molecule has 0 bridgehead atoms. The zero-order valence-corrected chi connectivity index (χ0v) is 15.4. The maximum atomic E-state index is 13.3. The van der Waals surface area contributed by atoms with E-state index in [4.69, 9.17) is 11.6 Å². The monoisotopic (exact) mass is 470 g/mol. The molecule has 0 aliphatic heterocycles. The number of nitrogens with one attached hydrogen (secondary N) is 1. The second-order valence-corrected chi connectivity index (χ2v) is 6.33. The van der Waals surface area contributed by atoms with Crippen molar-refractivity contribution in [3.8, 4) is 5.82 Å². The molecule has 0 radical (unpaired) electrons. The summed E-state index contributed by atoms with van der Waals surface area (Å²) in [5.41, 5.74) is -4.04. The van der Waals surface area contributed by atoms with Crippen LogP contribution in [0.5, 0.6) is 0 Å². The van der Waals surface area contributed by atoms with E-state index in [1.54, 1.807) is 0 Å². The summed E-state index contributed by atoms with van der Waals surface area (Å²) < 4.78 is 104. The molecule has 0 unspecified atom stereocenters. The number of anilines is 1. The minimum atomic E-state index is -5.16. The Bertz CT molecular complexity index is 1140. The molecule has 3 rings (SSSR count). The van der Waals surface area contributed by atoms with E-state index in [0.29, 0.717) is 12.1 Å². The van der Waals surface area contributed by atoms with Gasteiger partial charge in [0.25, 0.3) is 5.91 Å². The smallest absolute Gasteiger partial charge is 0.321 e. The van der Waals surface area contributed by atoms with Crippen molar-refractivity contribution >= 4 is 23.2 Å². The van der Waals surface area contributed by atoms with Crippen LogP contribution in [0.4, 0.5) is 40.8 Å². The molecule has 0 aliphatic carbocycles. The normalized spacial score (nSPS) is 12.2. The molecule has 3 aromatic rings. The molecule has 0 saturated heterocycles. The Hall–Kier alpha value is -3.22. The Kier molecular flexibility index (Phi) is 5.65. The Labute approximate surface area is 172 Å². The van der Waals surface area contributed by atoms with Gasteiger partial charge in [-0.2, -0.15) is 31.4 Å². The maximum absolute atomic E-state index is 13.3. The molecule has 14 heteroatoms. The first-order chi connectivity index (χ1) is 14.3. The molecular weight excluding hydrogens is 464 g/mol. The second kappa shape index (κ2) is 7.80. The average molecular weight is 471 g/mol. The molecule has 0 atom stereocenters. The fourth-order valence-corrected chi connectivity index (χ4v) is 2.61. The van der Waals surface area contributed by atoms with Crippen LogP contribution in [0.2, 0.25) is 5.02 Å². The predicted molar refractivity (Wildman–Crippen MR) is 90.7 cm³/mol. The van der Waals surface area contributed by atoms with Crippen LogP contribution in [-0.2, 0) is 12.4 Å². The van der Waals surface area contributed by atoms with Gasteiger partial charge < -0.3 is 5.32 Å². The van der Waals surface area contributed by atoms with Gasteiger partial charge in [0.1, 0.15) is 0 Å². The Morgan fingerprint density at radius 2 is 1.61 bits per heavy atom. The lowest BCUT2D eigenvalue weighted by Crippen LogP contribution is -2.15. The van der Waals surface area contributed by atoms with Crippen molar-refractivity contribution in [2.45, 2.75) is 12.4 Å². The van der Waals surface area contributed by atoms with E-state index >= 15 is 0 Å². The third kappa shape index (κ3) is 4.76. The van der Waals surface area contributed by atoms with Gasteiger partial charge in [-0.3, -0.25) is 4.79 Å². The first kappa shape index (κ1) is 22.5. The van der Waals surface area contributed by atoms with Gasteiger partial charge in [0.05, 0.1) is 22.5 Å². The number of halogens is 9. The lowest BCUT2D eigenvalue weighted by Gasteiger charge is -2.11. The van der Waals surface area contributed by atoms with Gasteiger partial charge in [0.15, 0.2) is 28.8 Å². The number of alkyl halides is 6. The van der Waals surface area contributed by atoms with E-state index in [9.17, 15) is 39.9 Å². The van der Waals surface area contributed by atoms with E-state index in [1.807, 2.05) is 0 Å². The number of carbonyl (C=O) groups excluding carboxylic acids is 1. The summed E-state index contributed by atoms with van der Waals surface area (Å²) in [6, 6.07) is 2.82. The van der Waals surface area contributed by atoms with E-state index in [-0.39, 0.29) is 16.4 Å². The standard InChI is InChI=1S/C17H7ClF8N4O/c18-9-4-11(20)10(19)3-8(9)15(31)28-7-1-2-14(27-6-7)30-13(17(24,25)26)5-12(29-30)16(21,22)23/h1-6H,(H,28,31). The zero-order chi connectivity index (χ0) is 23.1. The lowest BCUT2D eigenvalue weighted by molar-refractivity contribution is -0.143. The highest BCUT2D eigenvalue weighted by molar-refractivity contribution is 6.34. The van der Waals surface area contributed by atoms with Crippen molar-refractivity contribution in [2.24, 2.45) is 0 Å². The van der Waals surface area contributed by atoms with Crippen LogP contribution in [0.25, 0.3) is 5.82 Å². The number of amides is 1. The largest absolute Gasteiger partial charge is 0.435 e. The second-order valence-electron chi connectivity index (χ2n) is 5.93. The van der Waals surface area contributed by atoms with Crippen molar-refractivity contribution in [2.75, 3.05) is 5.32 Å². The molecule has 2 aromatic heterocycles. The minimum Gasteiger partial charge on any atom is -0.321 e. The van der Waals surface area contributed by atoms with Gasteiger partial charge in [-0.05, 0) is 24.3 Å². The van der Waals surface area contributed by atoms with E-state index < -0.39 is 57.7 Å². The SMILES string of the molecule is O=C(Nc1ccc(-n2nc(C(F)(F)F)cc2C(F)(F)F)nc1)c1cc(F)c(F)cc1Cl. The Morgan fingerprint density at radius 1 is 0.968 bits per heavy atom. The number of benzene rings is 1. The van der Waals surface area contributed by atoms with E-state index in [1.165, 1.54) is 0 Å². The van der Waals surface area contributed by atoms with Gasteiger partial charge in [0, 0.05) is 6.07 Å². The molecule has 0 spiro atoms. The van der Waals surface area contributed by atoms with Crippen LogP contribution in [0.15, 0.2) is 36.5 Å². The van der Waals surface area contributed by atoms with Crippen LogP contribution in [0, 0.1) is 11.6 Å². The fraction of sp³-hybridized carbons (Fsp3) is 0.118. The molecule has 31 heavy (non-hydrogen) atoms. The van der Waals surface area contributed by atoms with Crippen LogP contribution >= 0.6 is 11.6 Å². The lowest BCUT2D eigenvalue weighted by atomic mass is 10.2. The molecule has 5 nitrogen and oxygen atoms in total. The van der Waals surface area contributed by atoms with Crippen molar-refractivity contribution in [1.29, 1.82) is 0 Å². The summed E-state index contributed by atoms with van der Waals surface area (Å²) >= 11 is 5.67. The highest BCUT2D eigenvalue weighted by Crippen LogP contribution is 2.36. The van der Waals surface area contributed by atoms with E-state index in [2.05, 4.69) is 15.4 Å². The number of hydrogen-bond donors (Lipinski definition) is 1. The topological polar surface area (TPSA) is 59.8 Å². The third-order valence-electron chi connectivity index (χ3n) is 3.77. The number of aromatic nitrogens is 3. The molecule has 164 valence electrons. The Morgan fingerprint density at radius 3 is 2.16 bits per heavy atom. The Balaban J connectivity index is 1.90. The van der Waals surface area contributed by atoms with Crippen molar-refractivity contribution in [3.05, 3.63) is 70.1 Å². The molecule has 0 fully saturated rings. The molecule has 0 saturated carbocycles. The summed E-state index contributed by atoms with van der Waals surface area (Å²) in [4.78, 5) is 15.7. The molecule has 1 N–H and O–H groups in total. The maximum Gasteiger partial charge on any atom is 0.435 e. The highest BCUT2D eigenvalue weighted by Gasteiger charge is 2.42. The van der Waals surface area contributed by atoms with Crippen molar-refractivity contribution < 1.29 is 39.9 Å². The fourth-order valence-electron chi connectivity index (χ4n) is 2.38. The molecule has 1 aromatic carbocycles. The molecule has 1 amide bonds. The highest BCUT2D eigenvalue weighted by atomic mass is 35.5. The average Bonchev–Trinajstić information content (AvgIpc) is 3.11. The predicted octanol–water partition coefficient (Wildman–Crippen LogP) is 5.49. The van der Waals surface area contributed by atoms with Crippen LogP contribution in [0.1, 0.15) is 21.7 Å². The summed E-state index contributed by atoms with van der Waals surface area (Å²) in [5, 5.41) is 4.69. The first-order valence-corrected chi connectivity index (χ1v) is 8.32. The molecule has 2 heterocycles. The summed E-state index contributed by atoms with van der Waals surface area (Å²) in [6.45, 7) is 0. The van der Waals surface area contributed by atoms with Crippen molar-refractivity contribution in [1.82, 2.24) is 14.8 Å². The van der Waals surface area contributed by atoms with Crippen molar-refractivity contribution in [3.63, 3.8) is 0 Å². The van der Waals surface area contributed by atoms with Gasteiger partial charge >= 0.3 is 12.4 Å². The van der Waals surface area contributed by atoms with Gasteiger partial charge in [-0.1, -0.05) is 11.6 Å². The van der Waals surface area contributed by atoms with Gasteiger partial charge in [-0.25, -0.2) is 18.4 Å². The minimum absolute atomic E-state index is 0.0410. The number of hydrogen-bond acceptors (Lipinski definition) is 3. The van der Waals surface area contributed by atoms with Gasteiger partial charge in [0.2, 0.25) is 0 Å². The summed E-state index contributed by atoms with van der Waals surface area (Å²) in [6.07, 6.45) is -9.45. The number of pyridine rings is 1. The molecule has 0 aliphatic rings. The molecular formula is C17H7ClF8N4O. The summed E-state index contributed by atoms with van der Waals surface area (Å²) in [7, 11) is 0. The quantitative estimate of drug-likeness (QED) is 0.407. The van der Waals surface area contributed by atoms with Gasteiger partial charge in [-0.15, -0.1) is 0 Å². The summed E-state index contributed by atoms with van der Waals surface area (Å²) in [5.74, 6) is -4.24. The zero-order valence-electron chi connectivity index (χ0n) is 14.6. The number of nitrogens with zero attached hydrogens (tertiary/aromatic N) is 3. The number of rotatable bonds is 3. The van der Waals surface area contributed by atoms with Crippen LogP contribution < -0.4 is 5.32 Å². The van der Waals surface area contributed by atoms with Crippen LogP contribution in [0.3, 0.4) is 0 Å². The van der Waals surface area contributed by atoms with E-state index in [0.717, 1.165) is 18.3 Å².